The van der Waals surface area contributed by atoms with E-state index >= 15 is 0 Å². The van der Waals surface area contributed by atoms with Crippen LogP contribution in [0.4, 0.5) is 10.1 Å². The summed E-state index contributed by atoms with van der Waals surface area (Å²) in [5, 5.41) is 5.81. The first-order valence-corrected chi connectivity index (χ1v) is 6.66. The second-order valence-electron chi connectivity index (χ2n) is 3.96. The summed E-state index contributed by atoms with van der Waals surface area (Å²) < 4.78 is 13.7. The van der Waals surface area contributed by atoms with Gasteiger partial charge in [-0.2, -0.15) is 9.78 Å². The number of carbonyl (C=O) groups excluding carboxylic acids is 2. The Morgan fingerprint density at radius 1 is 1.29 bits per heavy atom. The molecule has 0 radical (unpaired) electrons. The van der Waals surface area contributed by atoms with Gasteiger partial charge in [-0.15, -0.1) is 0 Å². The molecule has 0 aliphatic rings. The number of halogens is 4. The molecule has 21 heavy (non-hydrogen) atoms. The van der Waals surface area contributed by atoms with E-state index in [0.29, 0.717) is 0 Å². The number of hydrogen-bond acceptors (Lipinski definition) is 3. The fourth-order valence-electron chi connectivity index (χ4n) is 1.50. The van der Waals surface area contributed by atoms with Crippen LogP contribution in [-0.4, -0.2) is 21.6 Å². The smallest absolute Gasteiger partial charge is 0.277 e. The second-order valence-corrected chi connectivity index (χ2v) is 5.11. The topological polar surface area (TPSA) is 64.0 Å². The lowest BCUT2D eigenvalue weighted by Crippen LogP contribution is -2.15. The SMILES string of the molecule is CC(=O)n1nc(C(=O)Nc2ccc(F)cc2Cl)c(Cl)c1Cl. The van der Waals surface area contributed by atoms with E-state index in [4.69, 9.17) is 34.8 Å². The fourth-order valence-corrected chi connectivity index (χ4v) is 2.17. The molecule has 1 heterocycles. The summed E-state index contributed by atoms with van der Waals surface area (Å²) >= 11 is 17.5. The van der Waals surface area contributed by atoms with E-state index in [2.05, 4.69) is 10.4 Å². The number of nitrogens with zero attached hydrogens (tertiary/aromatic N) is 2. The minimum absolute atomic E-state index is 0.0107. The van der Waals surface area contributed by atoms with Crippen molar-refractivity contribution in [2.75, 3.05) is 5.32 Å². The predicted molar refractivity (Wildman–Crippen MR) is 77.9 cm³/mol. The van der Waals surface area contributed by atoms with Crippen molar-refractivity contribution in [1.29, 1.82) is 0 Å². The van der Waals surface area contributed by atoms with Gasteiger partial charge in [0.05, 0.1) is 10.7 Å². The highest BCUT2D eigenvalue weighted by molar-refractivity contribution is 6.44. The van der Waals surface area contributed by atoms with Gasteiger partial charge in [0.25, 0.3) is 5.91 Å². The first-order valence-electron chi connectivity index (χ1n) is 5.52. The number of benzene rings is 1. The Kier molecular flexibility index (Phi) is 4.51. The van der Waals surface area contributed by atoms with Crippen molar-refractivity contribution in [2.24, 2.45) is 0 Å². The molecule has 0 aliphatic heterocycles. The zero-order valence-electron chi connectivity index (χ0n) is 10.5. The molecule has 1 amide bonds. The van der Waals surface area contributed by atoms with E-state index in [1.54, 1.807) is 0 Å². The highest BCUT2D eigenvalue weighted by atomic mass is 35.5. The number of aromatic nitrogens is 2. The summed E-state index contributed by atoms with van der Waals surface area (Å²) in [6.45, 7) is 1.22. The molecule has 0 bridgehead atoms. The maximum Gasteiger partial charge on any atom is 0.277 e. The summed E-state index contributed by atoms with van der Waals surface area (Å²) in [6, 6.07) is 3.46. The molecule has 110 valence electrons. The van der Waals surface area contributed by atoms with Gasteiger partial charge in [0.2, 0.25) is 5.91 Å². The van der Waals surface area contributed by atoms with Gasteiger partial charge in [-0.1, -0.05) is 34.8 Å². The van der Waals surface area contributed by atoms with Gasteiger partial charge in [0, 0.05) is 6.92 Å². The molecular weight excluding hydrogens is 344 g/mol. The summed E-state index contributed by atoms with van der Waals surface area (Å²) in [6.07, 6.45) is 0. The van der Waals surface area contributed by atoms with Crippen molar-refractivity contribution in [3.05, 3.63) is 44.9 Å². The molecule has 5 nitrogen and oxygen atoms in total. The average molecular weight is 351 g/mol. The van der Waals surface area contributed by atoms with Crippen LogP contribution in [0.5, 0.6) is 0 Å². The van der Waals surface area contributed by atoms with Crippen molar-refractivity contribution in [2.45, 2.75) is 6.92 Å². The first-order chi connectivity index (χ1) is 9.81. The van der Waals surface area contributed by atoms with Crippen molar-refractivity contribution in [1.82, 2.24) is 9.78 Å². The monoisotopic (exact) mass is 349 g/mol. The Balaban J connectivity index is 2.33. The van der Waals surface area contributed by atoms with Crippen molar-refractivity contribution in [3.8, 4) is 0 Å². The number of carbonyl (C=O) groups is 2. The minimum Gasteiger partial charge on any atom is -0.319 e. The predicted octanol–water partition coefficient (Wildman–Crippen LogP) is 3.89. The van der Waals surface area contributed by atoms with Crippen LogP contribution in [0.15, 0.2) is 18.2 Å². The van der Waals surface area contributed by atoms with Gasteiger partial charge in [0.1, 0.15) is 10.8 Å². The number of rotatable bonds is 2. The van der Waals surface area contributed by atoms with Gasteiger partial charge < -0.3 is 5.32 Å². The number of nitrogens with one attached hydrogen (secondary N) is 1. The van der Waals surface area contributed by atoms with Gasteiger partial charge in [-0.3, -0.25) is 9.59 Å². The number of anilines is 1. The molecular formula is C12H7Cl3FN3O2. The molecule has 0 fully saturated rings. The van der Waals surface area contributed by atoms with E-state index in [1.807, 2.05) is 0 Å². The Bertz CT molecular complexity index is 746. The van der Waals surface area contributed by atoms with Crippen molar-refractivity contribution >= 4 is 52.3 Å². The number of amides is 1. The second kappa shape index (κ2) is 6.01. The number of hydrogen-bond donors (Lipinski definition) is 1. The largest absolute Gasteiger partial charge is 0.319 e. The van der Waals surface area contributed by atoms with E-state index in [0.717, 1.165) is 16.8 Å². The third-order valence-corrected chi connectivity index (χ3v) is 3.58. The molecule has 2 aromatic rings. The van der Waals surface area contributed by atoms with Crippen LogP contribution < -0.4 is 5.32 Å². The lowest BCUT2D eigenvalue weighted by atomic mass is 10.3. The molecule has 0 aliphatic carbocycles. The lowest BCUT2D eigenvalue weighted by Gasteiger charge is -2.05. The summed E-state index contributed by atoms with van der Waals surface area (Å²) in [7, 11) is 0. The van der Waals surface area contributed by atoms with E-state index < -0.39 is 17.6 Å². The molecule has 2 rings (SSSR count). The van der Waals surface area contributed by atoms with Crippen LogP contribution in [0, 0.1) is 5.82 Å². The zero-order valence-corrected chi connectivity index (χ0v) is 12.7. The molecule has 0 saturated heterocycles. The van der Waals surface area contributed by atoms with Crippen molar-refractivity contribution in [3.63, 3.8) is 0 Å². The van der Waals surface area contributed by atoms with Crippen LogP contribution >= 0.6 is 34.8 Å². The average Bonchev–Trinajstić information content (AvgIpc) is 2.70. The molecule has 1 N–H and O–H groups in total. The minimum atomic E-state index is -0.726. The zero-order chi connectivity index (χ0) is 15.7. The van der Waals surface area contributed by atoms with Crippen LogP contribution in [0.2, 0.25) is 15.2 Å². The maximum atomic E-state index is 12.9. The Morgan fingerprint density at radius 3 is 2.48 bits per heavy atom. The summed E-state index contributed by atoms with van der Waals surface area (Å²) in [5.74, 6) is -1.77. The molecule has 0 atom stereocenters. The van der Waals surface area contributed by atoms with E-state index in [9.17, 15) is 14.0 Å². The Hall–Kier alpha value is -1.63. The van der Waals surface area contributed by atoms with Crippen LogP contribution in [0.25, 0.3) is 0 Å². The quantitative estimate of drug-likeness (QED) is 0.893. The van der Waals surface area contributed by atoms with Gasteiger partial charge in [0.15, 0.2) is 10.8 Å². The summed E-state index contributed by atoms with van der Waals surface area (Å²) in [4.78, 5) is 23.3. The fraction of sp³-hybridized carbons (Fsp3) is 0.0833. The Morgan fingerprint density at radius 2 is 1.95 bits per heavy atom. The highest BCUT2D eigenvalue weighted by Gasteiger charge is 2.23. The lowest BCUT2D eigenvalue weighted by molar-refractivity contribution is 0.0920. The van der Waals surface area contributed by atoms with Crippen molar-refractivity contribution < 1.29 is 14.0 Å². The van der Waals surface area contributed by atoms with Crippen LogP contribution in [0.1, 0.15) is 22.2 Å². The standard InChI is InChI=1S/C12H7Cl3FN3O2/c1-5(20)19-11(15)9(14)10(18-19)12(21)17-8-3-2-6(16)4-7(8)13/h2-4H,1H3,(H,17,21). The van der Waals surface area contributed by atoms with E-state index in [1.165, 1.54) is 13.0 Å². The van der Waals surface area contributed by atoms with Gasteiger partial charge >= 0.3 is 0 Å². The normalized spacial score (nSPS) is 10.5. The van der Waals surface area contributed by atoms with Crippen LogP contribution in [-0.2, 0) is 0 Å². The third kappa shape index (κ3) is 3.18. The Labute approximate surface area is 133 Å². The molecule has 1 aromatic carbocycles. The highest BCUT2D eigenvalue weighted by Crippen LogP contribution is 2.28. The molecule has 0 unspecified atom stereocenters. The third-order valence-electron chi connectivity index (χ3n) is 2.47. The van der Waals surface area contributed by atoms with E-state index in [-0.39, 0.29) is 26.6 Å². The first kappa shape index (κ1) is 15.8. The summed E-state index contributed by atoms with van der Waals surface area (Å²) in [5.41, 5.74) is -0.0649. The molecule has 9 heteroatoms. The molecule has 0 saturated carbocycles. The van der Waals surface area contributed by atoms with Gasteiger partial charge in [-0.05, 0) is 18.2 Å². The molecule has 1 aromatic heterocycles. The maximum absolute atomic E-state index is 12.9. The van der Waals surface area contributed by atoms with Gasteiger partial charge in [-0.25, -0.2) is 4.39 Å². The molecule has 0 spiro atoms. The van der Waals surface area contributed by atoms with Crippen LogP contribution in [0.3, 0.4) is 0 Å².